The Bertz CT molecular complexity index is 374. The molecule has 0 bridgehead atoms. The molecule has 0 fully saturated rings. The molecule has 16 heavy (non-hydrogen) atoms. The van der Waals surface area contributed by atoms with Crippen LogP contribution in [0.5, 0.6) is 5.88 Å². The Morgan fingerprint density at radius 3 is 2.50 bits per heavy atom. The number of ether oxygens (including phenoxy) is 1. The average Bonchev–Trinajstić information content (AvgIpc) is 2.11. The van der Waals surface area contributed by atoms with Gasteiger partial charge in [0.25, 0.3) is 0 Å². The van der Waals surface area contributed by atoms with Crippen LogP contribution < -0.4 is 10.5 Å². The van der Waals surface area contributed by atoms with E-state index in [-0.39, 0.29) is 10.7 Å². The summed E-state index contributed by atoms with van der Waals surface area (Å²) >= 11 is 5.73. The van der Waals surface area contributed by atoms with Crippen molar-refractivity contribution in [3.8, 4) is 5.88 Å². The van der Waals surface area contributed by atoms with Crippen LogP contribution in [-0.4, -0.2) is 16.6 Å². The van der Waals surface area contributed by atoms with E-state index in [2.05, 4.69) is 30.7 Å². The molecule has 1 heterocycles. The molecule has 0 amide bonds. The molecule has 5 heteroatoms. The highest BCUT2D eigenvalue weighted by molar-refractivity contribution is 6.28. The van der Waals surface area contributed by atoms with Gasteiger partial charge in [-0.25, -0.2) is 4.98 Å². The van der Waals surface area contributed by atoms with Crippen LogP contribution in [0.25, 0.3) is 0 Å². The molecular formula is C11H18ClN3O. The Morgan fingerprint density at radius 2 is 1.94 bits per heavy atom. The van der Waals surface area contributed by atoms with E-state index in [9.17, 15) is 0 Å². The predicted octanol–water partition coefficient (Wildman–Crippen LogP) is 2.84. The molecule has 0 radical (unpaired) electrons. The molecular weight excluding hydrogens is 226 g/mol. The molecule has 0 unspecified atom stereocenters. The van der Waals surface area contributed by atoms with Crippen molar-refractivity contribution in [3.05, 3.63) is 11.0 Å². The van der Waals surface area contributed by atoms with Crippen LogP contribution in [0.2, 0.25) is 5.28 Å². The number of rotatable bonds is 3. The van der Waals surface area contributed by atoms with E-state index in [4.69, 9.17) is 22.1 Å². The van der Waals surface area contributed by atoms with Crippen molar-refractivity contribution < 1.29 is 4.74 Å². The fourth-order valence-corrected chi connectivity index (χ4v) is 1.29. The molecule has 0 atom stereocenters. The van der Waals surface area contributed by atoms with E-state index in [1.54, 1.807) is 6.92 Å². The summed E-state index contributed by atoms with van der Waals surface area (Å²) in [6.07, 6.45) is 0.924. The molecule has 2 N–H and O–H groups in total. The highest BCUT2D eigenvalue weighted by Crippen LogP contribution is 2.24. The lowest BCUT2D eigenvalue weighted by Crippen LogP contribution is -2.13. The van der Waals surface area contributed by atoms with Gasteiger partial charge in [-0.15, -0.1) is 0 Å². The Kier molecular flexibility index (Phi) is 3.97. The standard InChI is InChI=1S/C11H18ClN3O/c1-7-8(13)9(15-10(12)14-7)16-6-5-11(2,3)4/h5-6,13H2,1-4H3. The lowest BCUT2D eigenvalue weighted by Gasteiger charge is -2.18. The van der Waals surface area contributed by atoms with Crippen molar-refractivity contribution in [2.24, 2.45) is 5.41 Å². The second kappa shape index (κ2) is 4.87. The van der Waals surface area contributed by atoms with Gasteiger partial charge in [-0.2, -0.15) is 4.98 Å². The van der Waals surface area contributed by atoms with Crippen molar-refractivity contribution in [2.75, 3.05) is 12.3 Å². The first-order valence-electron chi connectivity index (χ1n) is 5.22. The second-order valence-corrected chi connectivity index (χ2v) is 5.29. The van der Waals surface area contributed by atoms with Gasteiger partial charge in [-0.05, 0) is 30.4 Å². The zero-order valence-corrected chi connectivity index (χ0v) is 10.9. The predicted molar refractivity (Wildman–Crippen MR) is 65.8 cm³/mol. The highest BCUT2D eigenvalue weighted by atomic mass is 35.5. The normalized spacial score (nSPS) is 11.6. The van der Waals surface area contributed by atoms with Crippen LogP contribution in [0.4, 0.5) is 5.69 Å². The average molecular weight is 244 g/mol. The van der Waals surface area contributed by atoms with E-state index in [1.807, 2.05) is 0 Å². The van der Waals surface area contributed by atoms with E-state index in [0.29, 0.717) is 23.9 Å². The maximum atomic E-state index is 5.79. The molecule has 4 nitrogen and oxygen atoms in total. The van der Waals surface area contributed by atoms with Gasteiger partial charge in [0, 0.05) is 0 Å². The molecule has 1 aromatic heterocycles. The fourth-order valence-electron chi connectivity index (χ4n) is 1.09. The first kappa shape index (κ1) is 13.0. The summed E-state index contributed by atoms with van der Waals surface area (Å²) < 4.78 is 5.51. The van der Waals surface area contributed by atoms with Crippen molar-refractivity contribution in [3.63, 3.8) is 0 Å². The summed E-state index contributed by atoms with van der Waals surface area (Å²) in [7, 11) is 0. The van der Waals surface area contributed by atoms with Gasteiger partial charge in [0.1, 0.15) is 5.69 Å². The lowest BCUT2D eigenvalue weighted by molar-refractivity contribution is 0.237. The van der Waals surface area contributed by atoms with Crippen LogP contribution >= 0.6 is 11.6 Å². The van der Waals surface area contributed by atoms with Gasteiger partial charge in [-0.1, -0.05) is 20.8 Å². The molecule has 0 spiro atoms. The molecule has 1 aromatic rings. The number of hydrogen-bond acceptors (Lipinski definition) is 4. The number of anilines is 1. The van der Waals surface area contributed by atoms with Crippen LogP contribution in [-0.2, 0) is 0 Å². The number of aryl methyl sites for hydroxylation is 1. The highest BCUT2D eigenvalue weighted by Gasteiger charge is 2.13. The third kappa shape index (κ3) is 3.85. The summed E-state index contributed by atoms with van der Waals surface area (Å²) in [6.45, 7) is 8.80. The van der Waals surface area contributed by atoms with Crippen molar-refractivity contribution in [1.82, 2.24) is 9.97 Å². The topological polar surface area (TPSA) is 61.0 Å². The van der Waals surface area contributed by atoms with Crippen LogP contribution in [0.3, 0.4) is 0 Å². The summed E-state index contributed by atoms with van der Waals surface area (Å²) in [4.78, 5) is 7.90. The molecule has 0 aliphatic rings. The Labute approximate surface area is 101 Å². The summed E-state index contributed by atoms with van der Waals surface area (Å²) in [5, 5.41) is 0.164. The van der Waals surface area contributed by atoms with Gasteiger partial charge < -0.3 is 10.5 Å². The third-order valence-corrected chi connectivity index (χ3v) is 2.33. The van der Waals surface area contributed by atoms with Crippen LogP contribution in [0, 0.1) is 12.3 Å². The molecule has 0 aliphatic carbocycles. The Morgan fingerprint density at radius 1 is 1.31 bits per heavy atom. The first-order chi connectivity index (χ1) is 7.29. The van der Waals surface area contributed by atoms with Crippen molar-refractivity contribution in [1.29, 1.82) is 0 Å². The van der Waals surface area contributed by atoms with Crippen LogP contribution in [0.1, 0.15) is 32.9 Å². The van der Waals surface area contributed by atoms with E-state index in [1.165, 1.54) is 0 Å². The van der Waals surface area contributed by atoms with Crippen molar-refractivity contribution in [2.45, 2.75) is 34.1 Å². The van der Waals surface area contributed by atoms with E-state index >= 15 is 0 Å². The zero-order valence-electron chi connectivity index (χ0n) is 10.2. The SMILES string of the molecule is Cc1nc(Cl)nc(OCCC(C)(C)C)c1N. The number of nitrogen functional groups attached to an aromatic ring is 1. The molecule has 0 saturated carbocycles. The quantitative estimate of drug-likeness (QED) is 0.830. The minimum absolute atomic E-state index is 0.164. The minimum atomic E-state index is 0.164. The third-order valence-electron chi connectivity index (χ3n) is 2.16. The minimum Gasteiger partial charge on any atom is -0.476 e. The van der Waals surface area contributed by atoms with E-state index < -0.39 is 0 Å². The number of hydrogen-bond donors (Lipinski definition) is 1. The number of nitrogens with zero attached hydrogens (tertiary/aromatic N) is 2. The Balaban J connectivity index is 2.67. The molecule has 0 saturated heterocycles. The summed E-state index contributed by atoms with van der Waals surface area (Å²) in [6, 6.07) is 0. The largest absolute Gasteiger partial charge is 0.476 e. The summed E-state index contributed by atoms with van der Waals surface area (Å²) in [5.41, 5.74) is 7.12. The smallest absolute Gasteiger partial charge is 0.241 e. The number of halogens is 1. The zero-order chi connectivity index (χ0) is 12.3. The van der Waals surface area contributed by atoms with E-state index in [0.717, 1.165) is 6.42 Å². The van der Waals surface area contributed by atoms with Gasteiger partial charge >= 0.3 is 0 Å². The first-order valence-corrected chi connectivity index (χ1v) is 5.60. The van der Waals surface area contributed by atoms with Gasteiger partial charge in [0.15, 0.2) is 0 Å². The summed E-state index contributed by atoms with van der Waals surface area (Å²) in [5.74, 6) is 0.377. The molecule has 0 aliphatic heterocycles. The van der Waals surface area contributed by atoms with Gasteiger partial charge in [0.2, 0.25) is 11.2 Å². The monoisotopic (exact) mass is 243 g/mol. The Hall–Kier alpha value is -1.03. The second-order valence-electron chi connectivity index (χ2n) is 4.96. The van der Waals surface area contributed by atoms with Crippen LogP contribution in [0.15, 0.2) is 0 Å². The maximum Gasteiger partial charge on any atom is 0.241 e. The number of aromatic nitrogens is 2. The fraction of sp³-hybridized carbons (Fsp3) is 0.636. The van der Waals surface area contributed by atoms with Gasteiger partial charge in [0.05, 0.1) is 12.3 Å². The van der Waals surface area contributed by atoms with Gasteiger partial charge in [-0.3, -0.25) is 0 Å². The van der Waals surface area contributed by atoms with Crippen molar-refractivity contribution >= 4 is 17.3 Å². The number of nitrogens with two attached hydrogens (primary N) is 1. The molecule has 0 aromatic carbocycles. The molecule has 1 rings (SSSR count). The maximum absolute atomic E-state index is 5.79. The lowest BCUT2D eigenvalue weighted by atomic mass is 9.93. The molecule has 90 valence electrons.